The van der Waals surface area contributed by atoms with Crippen LogP contribution in [0.25, 0.3) is 0 Å². The van der Waals surface area contributed by atoms with Crippen molar-refractivity contribution < 1.29 is 14.4 Å². The number of nitrogens with zero attached hydrogens (tertiary/aromatic N) is 3. The van der Waals surface area contributed by atoms with Gasteiger partial charge in [-0.25, -0.2) is 0 Å². The summed E-state index contributed by atoms with van der Waals surface area (Å²) in [7, 11) is 3.31. The van der Waals surface area contributed by atoms with Gasteiger partial charge in [0, 0.05) is 62.5 Å². The van der Waals surface area contributed by atoms with Crippen molar-refractivity contribution >= 4 is 5.69 Å². The molecule has 0 bridgehead atoms. The highest BCUT2D eigenvalue weighted by molar-refractivity contribution is 5.41. The molecular weight excluding hydrogens is 346 g/mol. The van der Waals surface area contributed by atoms with Crippen molar-refractivity contribution in [1.82, 2.24) is 9.80 Å². The maximum absolute atomic E-state index is 11.2. The van der Waals surface area contributed by atoms with Gasteiger partial charge in [-0.1, -0.05) is 24.3 Å². The second-order valence-electron chi connectivity index (χ2n) is 6.62. The molecule has 7 heteroatoms. The predicted octanol–water partition coefficient (Wildman–Crippen LogP) is 2.93. The number of methoxy groups -OCH3 is 2. The minimum Gasteiger partial charge on any atom is -0.497 e. The first-order valence-electron chi connectivity index (χ1n) is 8.98. The summed E-state index contributed by atoms with van der Waals surface area (Å²) in [6.07, 6.45) is 0. The summed E-state index contributed by atoms with van der Waals surface area (Å²) in [5, 5.41) is 11.2. The molecule has 2 aromatic rings. The van der Waals surface area contributed by atoms with Gasteiger partial charge >= 0.3 is 0 Å². The van der Waals surface area contributed by atoms with E-state index >= 15 is 0 Å². The third kappa shape index (κ3) is 4.75. The molecule has 0 aliphatic carbocycles. The monoisotopic (exact) mass is 371 g/mol. The summed E-state index contributed by atoms with van der Waals surface area (Å²) >= 11 is 0. The van der Waals surface area contributed by atoms with Crippen molar-refractivity contribution in [3.05, 3.63) is 63.7 Å². The molecule has 0 unspecified atom stereocenters. The highest BCUT2D eigenvalue weighted by Gasteiger charge is 2.21. The number of benzene rings is 2. The third-order valence-electron chi connectivity index (χ3n) is 4.94. The van der Waals surface area contributed by atoms with Crippen molar-refractivity contribution in [3.8, 4) is 11.5 Å². The highest BCUT2D eigenvalue weighted by Crippen LogP contribution is 2.26. The Hall–Kier alpha value is -2.64. The molecule has 27 heavy (non-hydrogen) atoms. The second kappa shape index (κ2) is 8.83. The number of rotatable bonds is 7. The first-order chi connectivity index (χ1) is 13.1. The van der Waals surface area contributed by atoms with Crippen molar-refractivity contribution in [2.45, 2.75) is 13.1 Å². The first-order valence-corrected chi connectivity index (χ1v) is 8.98. The van der Waals surface area contributed by atoms with E-state index in [1.165, 1.54) is 0 Å². The predicted molar refractivity (Wildman–Crippen MR) is 103 cm³/mol. The Labute approximate surface area is 159 Å². The van der Waals surface area contributed by atoms with Gasteiger partial charge in [-0.3, -0.25) is 19.9 Å². The molecule has 144 valence electrons. The molecule has 0 saturated carbocycles. The van der Waals surface area contributed by atoms with Gasteiger partial charge in [-0.15, -0.1) is 0 Å². The van der Waals surface area contributed by atoms with Gasteiger partial charge in [-0.05, 0) is 6.07 Å². The fourth-order valence-corrected chi connectivity index (χ4v) is 3.39. The Morgan fingerprint density at radius 3 is 2.15 bits per heavy atom. The molecule has 1 heterocycles. The number of nitro benzene ring substituents is 1. The van der Waals surface area contributed by atoms with E-state index in [2.05, 4.69) is 9.80 Å². The zero-order valence-corrected chi connectivity index (χ0v) is 15.8. The molecule has 0 aromatic heterocycles. The zero-order chi connectivity index (χ0) is 19.2. The number of hydrogen-bond donors (Lipinski definition) is 0. The van der Waals surface area contributed by atoms with Crippen molar-refractivity contribution in [2.75, 3.05) is 40.4 Å². The molecule has 1 aliphatic heterocycles. The van der Waals surface area contributed by atoms with Gasteiger partial charge < -0.3 is 9.47 Å². The molecule has 3 rings (SSSR count). The first kappa shape index (κ1) is 19.1. The maximum Gasteiger partial charge on any atom is 0.273 e. The molecule has 1 saturated heterocycles. The minimum atomic E-state index is -0.304. The number of ether oxygens (including phenoxy) is 2. The second-order valence-corrected chi connectivity index (χ2v) is 6.62. The van der Waals surface area contributed by atoms with Crippen LogP contribution >= 0.6 is 0 Å². The smallest absolute Gasteiger partial charge is 0.273 e. The lowest BCUT2D eigenvalue weighted by atomic mass is 10.1. The van der Waals surface area contributed by atoms with Gasteiger partial charge in [0.15, 0.2) is 0 Å². The Morgan fingerprint density at radius 2 is 1.56 bits per heavy atom. The summed E-state index contributed by atoms with van der Waals surface area (Å²) in [6, 6.07) is 12.9. The number of piperazine rings is 1. The Morgan fingerprint density at radius 1 is 0.926 bits per heavy atom. The molecule has 2 aromatic carbocycles. The van der Waals surface area contributed by atoms with Crippen LogP contribution < -0.4 is 9.47 Å². The summed E-state index contributed by atoms with van der Waals surface area (Å²) in [5.74, 6) is 1.61. The summed E-state index contributed by atoms with van der Waals surface area (Å²) in [4.78, 5) is 15.5. The van der Waals surface area contributed by atoms with Crippen LogP contribution in [0.2, 0.25) is 0 Å². The number of nitro groups is 1. The molecule has 0 radical (unpaired) electrons. The largest absolute Gasteiger partial charge is 0.497 e. The van der Waals surface area contributed by atoms with Crippen LogP contribution in [0.5, 0.6) is 11.5 Å². The van der Waals surface area contributed by atoms with E-state index in [0.717, 1.165) is 55.3 Å². The lowest BCUT2D eigenvalue weighted by molar-refractivity contribution is -0.385. The molecular formula is C20H25N3O4. The van der Waals surface area contributed by atoms with Crippen molar-refractivity contribution in [1.29, 1.82) is 0 Å². The normalized spacial score (nSPS) is 15.5. The minimum absolute atomic E-state index is 0.197. The molecule has 0 N–H and O–H groups in total. The van der Waals surface area contributed by atoms with Gasteiger partial charge in [0.25, 0.3) is 5.69 Å². The quantitative estimate of drug-likeness (QED) is 0.551. The fraction of sp³-hybridized carbons (Fsp3) is 0.400. The molecule has 0 atom stereocenters. The van der Waals surface area contributed by atoms with Crippen LogP contribution in [0.3, 0.4) is 0 Å². The fourth-order valence-electron chi connectivity index (χ4n) is 3.39. The highest BCUT2D eigenvalue weighted by atomic mass is 16.6. The topological polar surface area (TPSA) is 68.1 Å². The van der Waals surface area contributed by atoms with Crippen molar-refractivity contribution in [3.63, 3.8) is 0 Å². The van der Waals surface area contributed by atoms with Crippen LogP contribution in [0.1, 0.15) is 11.1 Å². The third-order valence-corrected chi connectivity index (χ3v) is 4.94. The average Bonchev–Trinajstić information content (AvgIpc) is 2.70. The van der Waals surface area contributed by atoms with E-state index in [0.29, 0.717) is 6.54 Å². The lowest BCUT2D eigenvalue weighted by Crippen LogP contribution is -2.45. The van der Waals surface area contributed by atoms with E-state index in [9.17, 15) is 10.1 Å². The SMILES string of the molecule is COc1ccc(CN2CCN(Cc3ccccc3[N+](=O)[O-])CC2)c(OC)c1. The van der Waals surface area contributed by atoms with Crippen molar-refractivity contribution in [2.24, 2.45) is 0 Å². The Bertz CT molecular complexity index is 789. The van der Waals surface area contributed by atoms with E-state index in [1.807, 2.05) is 30.3 Å². The Balaban J connectivity index is 1.58. The van der Waals surface area contributed by atoms with Gasteiger partial charge in [-0.2, -0.15) is 0 Å². The van der Waals surface area contributed by atoms with Crippen LogP contribution in [0.15, 0.2) is 42.5 Å². The summed E-state index contributed by atoms with van der Waals surface area (Å²) < 4.78 is 10.7. The van der Waals surface area contributed by atoms with E-state index < -0.39 is 0 Å². The van der Waals surface area contributed by atoms with Crippen LogP contribution in [-0.2, 0) is 13.1 Å². The number of para-hydroxylation sites is 1. The van der Waals surface area contributed by atoms with E-state index in [1.54, 1.807) is 26.4 Å². The van der Waals surface area contributed by atoms with Crippen LogP contribution in [0, 0.1) is 10.1 Å². The van der Waals surface area contributed by atoms with E-state index in [4.69, 9.17) is 9.47 Å². The molecule has 0 amide bonds. The van der Waals surface area contributed by atoms with Gasteiger partial charge in [0.2, 0.25) is 0 Å². The van der Waals surface area contributed by atoms with E-state index in [-0.39, 0.29) is 10.6 Å². The molecule has 1 fully saturated rings. The standard InChI is InChI=1S/C20H25N3O4/c1-26-18-8-7-17(20(13-18)27-2)15-22-11-9-21(10-12-22)14-16-5-3-4-6-19(16)23(24)25/h3-8,13H,9-12,14-15H2,1-2H3. The molecule has 1 aliphatic rings. The lowest BCUT2D eigenvalue weighted by Gasteiger charge is -2.34. The molecule has 0 spiro atoms. The summed E-state index contributed by atoms with van der Waals surface area (Å²) in [5.41, 5.74) is 2.10. The van der Waals surface area contributed by atoms with Gasteiger partial charge in [0.1, 0.15) is 11.5 Å². The van der Waals surface area contributed by atoms with Gasteiger partial charge in [0.05, 0.1) is 19.1 Å². The Kier molecular flexibility index (Phi) is 6.26. The maximum atomic E-state index is 11.2. The molecule has 7 nitrogen and oxygen atoms in total. The van der Waals surface area contributed by atoms with Crippen LogP contribution in [0.4, 0.5) is 5.69 Å². The van der Waals surface area contributed by atoms with Crippen LogP contribution in [-0.4, -0.2) is 55.1 Å². The number of hydrogen-bond acceptors (Lipinski definition) is 6. The summed E-state index contributed by atoms with van der Waals surface area (Å²) in [6.45, 7) is 5.00. The zero-order valence-electron chi connectivity index (χ0n) is 15.8. The average molecular weight is 371 g/mol.